The predicted octanol–water partition coefficient (Wildman–Crippen LogP) is 10.4. The lowest BCUT2D eigenvalue weighted by molar-refractivity contribution is 0.0528. The second-order valence-corrected chi connectivity index (χ2v) is 39.8. The van der Waals surface area contributed by atoms with Crippen LogP contribution in [0.2, 0.25) is 51.4 Å². The van der Waals surface area contributed by atoms with E-state index in [1.54, 1.807) is 21.4 Å². The fourth-order valence-corrected chi connectivity index (χ4v) is 12.2. The van der Waals surface area contributed by atoms with Crippen molar-refractivity contribution in [2.24, 2.45) is 0 Å². The third-order valence-electron chi connectivity index (χ3n) is 15.0. The van der Waals surface area contributed by atoms with E-state index in [0.717, 1.165) is 79.0 Å². The number of carbonyl (C=O) groups excluding carboxylic acids is 1. The summed E-state index contributed by atoms with van der Waals surface area (Å²) in [5, 5.41) is 28.5. The number of hydrogen-bond donors (Lipinski definition) is 4. The summed E-state index contributed by atoms with van der Waals surface area (Å²) < 4.78 is 38.0. The van der Waals surface area contributed by atoms with Crippen molar-refractivity contribution in [3.63, 3.8) is 0 Å². The summed E-state index contributed by atoms with van der Waals surface area (Å²) in [6.45, 7) is 34.5. The maximum absolute atomic E-state index is 12.1. The molecule has 90 heavy (non-hydrogen) atoms. The molecule has 8 heterocycles. The van der Waals surface area contributed by atoms with Gasteiger partial charge in [-0.1, -0.05) is 51.4 Å². The Balaban J connectivity index is 0.000000213. The van der Waals surface area contributed by atoms with Crippen molar-refractivity contribution in [2.45, 2.75) is 143 Å². The van der Waals surface area contributed by atoms with Gasteiger partial charge in [0.15, 0.2) is 11.3 Å². The van der Waals surface area contributed by atoms with Gasteiger partial charge in [-0.25, -0.2) is 19.6 Å². The molecule has 0 atom stereocenters. The van der Waals surface area contributed by atoms with Crippen LogP contribution in [0.15, 0.2) is 57.7 Å². The fourth-order valence-electron chi connectivity index (χ4n) is 10.00. The van der Waals surface area contributed by atoms with E-state index < -0.39 is 39.5 Å². The van der Waals surface area contributed by atoms with E-state index in [1.165, 1.54) is 4.90 Å². The van der Waals surface area contributed by atoms with Gasteiger partial charge in [-0.3, -0.25) is 0 Å². The van der Waals surface area contributed by atoms with Crippen LogP contribution in [-0.4, -0.2) is 187 Å². The van der Waals surface area contributed by atoms with E-state index in [4.69, 9.17) is 53.6 Å². The Labute approximate surface area is 544 Å². The lowest BCUT2D eigenvalue weighted by Crippen LogP contribution is -2.45. The van der Waals surface area contributed by atoms with Crippen LogP contribution >= 0.6 is 31.9 Å². The molecule has 0 bridgehead atoms. The van der Waals surface area contributed by atoms with E-state index in [-0.39, 0.29) is 0 Å². The molecule has 0 unspecified atom stereocenters. The first kappa shape index (κ1) is 67.8. The maximum atomic E-state index is 12.1. The second kappa shape index (κ2) is 29.4. The highest BCUT2D eigenvalue weighted by Crippen LogP contribution is 2.28. The zero-order chi connectivity index (χ0) is 64.5. The molecule has 488 valence electrons. The number of carbonyl (C=O) groups is 2. The number of anilines is 4. The predicted molar refractivity (Wildman–Crippen MR) is 361 cm³/mol. The molecule has 2 fully saturated rings. The average molecular weight is 1410 g/mol. The molecule has 0 spiro atoms. The zero-order valence-electron chi connectivity index (χ0n) is 54.0. The standard InChI is InChI=1S/2C30H44BrN9O4Si/c1-30(2,3)44-29(41)32-10-9-21-7-8-24-23(17-21)35-25(39(24)20-43-15-16-45(4,5)6)19-33-27-37-28(38-11-13-42-14-12-38)36-26-22(31)18-34-40(26)27;1-30(2,3)39(29(41)42)10-9-21-7-8-23-24(17-21)38(20-44-15-16-45(4,5)6)25(34-23)19-32-27-36-28(37-11-13-43-14-12-37)35-26-22(31)18-33-40(26)27/h7-8,17-18H,9-16,19-20H2,1-6H3,(H,32,41)(H,33,36,37);7-8,17-18H,9-16,19-20H2,1-6H3,(H,41,42)(H,32,35,36). The first-order valence-electron chi connectivity index (χ1n) is 30.7. The van der Waals surface area contributed by atoms with Gasteiger partial charge < -0.3 is 68.6 Å². The molecule has 0 aliphatic carbocycles. The summed E-state index contributed by atoms with van der Waals surface area (Å²) in [6.07, 6.45) is 3.34. The number of imidazole rings is 2. The van der Waals surface area contributed by atoms with Crippen molar-refractivity contribution in [1.82, 2.24) is 68.5 Å². The SMILES string of the molecule is CC(C)(C)N(CCc1ccc2nc(CNc3nc(N4CCOCC4)nc4c(Br)cnn34)n(COCC[Si](C)(C)C)c2c1)C(=O)O.CC(C)(C)OC(=O)NCCc1ccc2c(c1)nc(CNc1nc(N3CCOCC3)nc3c(Br)cnn13)n2COCC[Si](C)(C)C. The van der Waals surface area contributed by atoms with Gasteiger partial charge in [-0.15, -0.1) is 0 Å². The van der Waals surface area contributed by atoms with Crippen molar-refractivity contribution in [3.8, 4) is 0 Å². The molecule has 4 N–H and O–H groups in total. The van der Waals surface area contributed by atoms with Crippen molar-refractivity contribution >= 4 is 117 Å². The number of hydrogen-bond acceptors (Lipinski definition) is 19. The number of aromatic nitrogens is 12. The van der Waals surface area contributed by atoms with Crippen LogP contribution < -0.4 is 25.8 Å². The lowest BCUT2D eigenvalue weighted by atomic mass is 10.0. The molecular formula is C60H88Br2N18O8Si2. The van der Waals surface area contributed by atoms with Crippen molar-refractivity contribution in [2.75, 3.05) is 99.3 Å². The van der Waals surface area contributed by atoms with Gasteiger partial charge in [-0.2, -0.15) is 39.2 Å². The summed E-state index contributed by atoms with van der Waals surface area (Å²) in [4.78, 5) is 58.9. The summed E-state index contributed by atoms with van der Waals surface area (Å²) >= 11 is 7.16. The van der Waals surface area contributed by atoms with Crippen LogP contribution in [0.4, 0.5) is 33.4 Å². The van der Waals surface area contributed by atoms with E-state index in [0.29, 0.717) is 140 Å². The highest BCUT2D eigenvalue weighted by Gasteiger charge is 2.27. The molecule has 10 rings (SSSR count). The largest absolute Gasteiger partial charge is 0.465 e. The Morgan fingerprint density at radius 1 is 0.644 bits per heavy atom. The Hall–Kier alpha value is -6.55. The number of ether oxygens (including phenoxy) is 5. The molecule has 2 aliphatic heterocycles. The monoisotopic (exact) mass is 1400 g/mol. The number of nitrogens with one attached hydrogen (secondary N) is 3. The van der Waals surface area contributed by atoms with E-state index in [1.807, 2.05) is 53.7 Å². The fraction of sp³-hybridized carbons (Fsp3) is 0.567. The van der Waals surface area contributed by atoms with Gasteiger partial charge in [0.2, 0.25) is 23.8 Å². The van der Waals surface area contributed by atoms with Crippen LogP contribution in [0.5, 0.6) is 0 Å². The molecule has 8 aromatic rings. The van der Waals surface area contributed by atoms with Crippen LogP contribution in [-0.2, 0) is 63.1 Å². The number of amides is 2. The molecule has 0 radical (unpaired) electrons. The first-order valence-corrected chi connectivity index (χ1v) is 39.7. The Morgan fingerprint density at radius 2 is 1.13 bits per heavy atom. The first-order chi connectivity index (χ1) is 42.7. The number of benzene rings is 2. The summed E-state index contributed by atoms with van der Waals surface area (Å²) in [6, 6.07) is 14.5. The van der Waals surface area contributed by atoms with Crippen LogP contribution in [0.3, 0.4) is 0 Å². The molecule has 30 heteroatoms. The van der Waals surface area contributed by atoms with Gasteiger partial charge in [0, 0.05) is 74.2 Å². The Kier molecular flexibility index (Phi) is 22.1. The van der Waals surface area contributed by atoms with Crippen molar-refractivity contribution < 1.29 is 38.4 Å². The minimum atomic E-state index is -1.26. The summed E-state index contributed by atoms with van der Waals surface area (Å²) in [5.74, 6) is 3.98. The molecule has 6 aromatic heterocycles. The number of alkyl carbamates (subject to hydrolysis) is 1. The molecular weight excluding hydrogens is 1320 g/mol. The van der Waals surface area contributed by atoms with Crippen molar-refractivity contribution in [3.05, 3.63) is 80.5 Å². The normalized spacial score (nSPS) is 14.4. The number of rotatable bonds is 24. The lowest BCUT2D eigenvalue weighted by Gasteiger charge is -2.33. The van der Waals surface area contributed by atoms with E-state index in [9.17, 15) is 14.7 Å². The van der Waals surface area contributed by atoms with Gasteiger partial charge in [0.05, 0.1) is 82.9 Å². The van der Waals surface area contributed by atoms with E-state index in [2.05, 4.69) is 140 Å². The zero-order valence-corrected chi connectivity index (χ0v) is 59.2. The van der Waals surface area contributed by atoms with Gasteiger partial charge in [0.25, 0.3) is 0 Å². The highest BCUT2D eigenvalue weighted by molar-refractivity contribution is 9.11. The average Bonchev–Trinajstić information content (AvgIpc) is 2.33. The quantitative estimate of drug-likeness (QED) is 0.0323. The molecule has 0 saturated carbocycles. The van der Waals surface area contributed by atoms with E-state index >= 15 is 0 Å². The molecule has 26 nitrogen and oxygen atoms in total. The molecule has 2 amide bonds. The van der Waals surface area contributed by atoms with Gasteiger partial charge in [-0.05, 0) is 134 Å². The third-order valence-corrected chi connectivity index (χ3v) is 19.5. The van der Waals surface area contributed by atoms with Crippen LogP contribution in [0, 0.1) is 0 Å². The number of morpholine rings is 2. The number of carboxylic acid groups (broad SMARTS) is 1. The summed E-state index contributed by atoms with van der Waals surface area (Å²) in [7, 11) is -2.49. The molecule has 2 aliphatic rings. The topological polar surface area (TPSA) is 268 Å². The van der Waals surface area contributed by atoms with Gasteiger partial charge in [0.1, 0.15) is 30.7 Å². The maximum Gasteiger partial charge on any atom is 0.407 e. The second-order valence-electron chi connectivity index (χ2n) is 26.8. The molecule has 2 saturated heterocycles. The molecule has 2 aromatic carbocycles. The minimum Gasteiger partial charge on any atom is -0.465 e. The summed E-state index contributed by atoms with van der Waals surface area (Å²) in [5.41, 5.74) is 6.07. The number of nitrogens with zero attached hydrogens (tertiary/aromatic N) is 15. The number of halogens is 2. The smallest absolute Gasteiger partial charge is 0.407 e. The van der Waals surface area contributed by atoms with Crippen LogP contribution in [0.25, 0.3) is 33.4 Å². The Bertz CT molecular complexity index is 3750. The van der Waals surface area contributed by atoms with Crippen LogP contribution in [0.1, 0.15) is 64.3 Å². The van der Waals surface area contributed by atoms with Crippen molar-refractivity contribution in [1.29, 1.82) is 0 Å². The highest BCUT2D eigenvalue weighted by atomic mass is 79.9. The van der Waals surface area contributed by atoms with Gasteiger partial charge >= 0.3 is 12.2 Å². The Morgan fingerprint density at radius 3 is 1.62 bits per heavy atom. The third kappa shape index (κ3) is 18.4. The minimum absolute atomic E-state index is 0.357. The number of fused-ring (bicyclic) bond motifs is 4.